The summed E-state index contributed by atoms with van der Waals surface area (Å²) in [4.78, 5) is 13.1. The summed E-state index contributed by atoms with van der Waals surface area (Å²) >= 11 is 0. The van der Waals surface area contributed by atoms with Crippen LogP contribution in [0.1, 0.15) is 24.6 Å². The first kappa shape index (κ1) is 6.67. The monoisotopic (exact) mass is 154 g/mol. The maximum absolute atomic E-state index is 10.6. The fourth-order valence-corrected chi connectivity index (χ4v) is 1.40. The van der Waals surface area contributed by atoms with Crippen LogP contribution in [0.15, 0.2) is 15.4 Å². The molecule has 4 nitrogen and oxygen atoms in total. The molecular weight excluding hydrogens is 144 g/mol. The standard InChI is InChI=1S/C7H10N2O2/c10-7-9-4-6(11-7)5-2-1-3-8-5/h4-5,8H,1-3H2,(H,9,10)/t5-/m1/s1. The van der Waals surface area contributed by atoms with Crippen LogP contribution in [0, 0.1) is 0 Å². The normalized spacial score (nSPS) is 24.2. The van der Waals surface area contributed by atoms with Gasteiger partial charge in [0, 0.05) is 6.20 Å². The summed E-state index contributed by atoms with van der Waals surface area (Å²) in [7, 11) is 0. The van der Waals surface area contributed by atoms with Crippen LogP contribution in [0.5, 0.6) is 0 Å². The van der Waals surface area contributed by atoms with Gasteiger partial charge in [-0.3, -0.25) is 4.98 Å². The molecule has 11 heavy (non-hydrogen) atoms. The smallest absolute Gasteiger partial charge is 0.411 e. The van der Waals surface area contributed by atoms with Crippen LogP contribution in [0.4, 0.5) is 0 Å². The van der Waals surface area contributed by atoms with Gasteiger partial charge >= 0.3 is 5.76 Å². The lowest BCUT2D eigenvalue weighted by Gasteiger charge is -2.02. The molecule has 0 amide bonds. The predicted molar refractivity (Wildman–Crippen MR) is 39.3 cm³/mol. The molecule has 1 aromatic rings. The van der Waals surface area contributed by atoms with Crippen LogP contribution in [-0.4, -0.2) is 11.5 Å². The second-order valence-corrected chi connectivity index (χ2v) is 2.73. The lowest BCUT2D eigenvalue weighted by molar-refractivity contribution is 0.419. The van der Waals surface area contributed by atoms with Crippen LogP contribution >= 0.6 is 0 Å². The minimum atomic E-state index is -0.367. The average Bonchev–Trinajstić information content (AvgIpc) is 2.55. The zero-order valence-corrected chi connectivity index (χ0v) is 6.09. The van der Waals surface area contributed by atoms with Crippen LogP contribution in [-0.2, 0) is 0 Å². The molecule has 1 aliphatic rings. The Morgan fingerprint density at radius 2 is 2.55 bits per heavy atom. The first-order valence-corrected chi connectivity index (χ1v) is 3.78. The summed E-state index contributed by atoms with van der Waals surface area (Å²) in [6, 6.07) is 0.244. The van der Waals surface area contributed by atoms with Crippen molar-refractivity contribution < 1.29 is 4.42 Å². The van der Waals surface area contributed by atoms with Crippen molar-refractivity contribution in [3.8, 4) is 0 Å². The minimum absolute atomic E-state index is 0.244. The molecule has 1 atom stereocenters. The van der Waals surface area contributed by atoms with E-state index in [1.807, 2.05) is 0 Å². The first-order valence-electron chi connectivity index (χ1n) is 3.78. The zero-order chi connectivity index (χ0) is 7.68. The van der Waals surface area contributed by atoms with Gasteiger partial charge in [-0.15, -0.1) is 0 Å². The van der Waals surface area contributed by atoms with Crippen molar-refractivity contribution in [1.82, 2.24) is 10.3 Å². The van der Waals surface area contributed by atoms with Crippen LogP contribution in [0.25, 0.3) is 0 Å². The number of aromatic amines is 1. The molecule has 0 saturated carbocycles. The van der Waals surface area contributed by atoms with Crippen molar-refractivity contribution in [2.24, 2.45) is 0 Å². The molecule has 0 unspecified atom stereocenters. The SMILES string of the molecule is O=c1[nH]cc([C@H]2CCCN2)o1. The van der Waals surface area contributed by atoms with E-state index in [2.05, 4.69) is 10.3 Å². The maximum Gasteiger partial charge on any atom is 0.416 e. The Morgan fingerprint density at radius 3 is 3.09 bits per heavy atom. The van der Waals surface area contributed by atoms with Gasteiger partial charge in [0.05, 0.1) is 6.04 Å². The molecule has 4 heteroatoms. The minimum Gasteiger partial charge on any atom is -0.411 e. The summed E-state index contributed by atoms with van der Waals surface area (Å²) in [6.45, 7) is 1.01. The number of oxazole rings is 1. The zero-order valence-electron chi connectivity index (χ0n) is 6.09. The fourth-order valence-electron chi connectivity index (χ4n) is 1.40. The van der Waals surface area contributed by atoms with Crippen molar-refractivity contribution in [2.75, 3.05) is 6.54 Å². The molecule has 0 spiro atoms. The van der Waals surface area contributed by atoms with Gasteiger partial charge in [-0.25, -0.2) is 4.79 Å². The number of hydrogen-bond acceptors (Lipinski definition) is 3. The van der Waals surface area contributed by atoms with E-state index in [0.29, 0.717) is 0 Å². The van der Waals surface area contributed by atoms with Crippen molar-refractivity contribution in [3.05, 3.63) is 22.5 Å². The maximum atomic E-state index is 10.6. The molecule has 1 aromatic heterocycles. The molecule has 2 N–H and O–H groups in total. The summed E-state index contributed by atoms with van der Waals surface area (Å²) < 4.78 is 4.89. The van der Waals surface area contributed by atoms with Gasteiger partial charge in [-0.1, -0.05) is 0 Å². The second-order valence-electron chi connectivity index (χ2n) is 2.73. The third-order valence-electron chi connectivity index (χ3n) is 1.95. The van der Waals surface area contributed by atoms with Gasteiger partial charge in [-0.05, 0) is 19.4 Å². The Labute approximate surface area is 63.6 Å². The van der Waals surface area contributed by atoms with Crippen molar-refractivity contribution in [1.29, 1.82) is 0 Å². The number of nitrogens with one attached hydrogen (secondary N) is 2. The molecular formula is C7H10N2O2. The largest absolute Gasteiger partial charge is 0.416 e. The number of H-pyrrole nitrogens is 1. The Hall–Kier alpha value is -1.03. The van der Waals surface area contributed by atoms with Gasteiger partial charge in [-0.2, -0.15) is 0 Å². The van der Waals surface area contributed by atoms with Crippen LogP contribution in [0.2, 0.25) is 0 Å². The molecule has 60 valence electrons. The van der Waals surface area contributed by atoms with Crippen LogP contribution in [0.3, 0.4) is 0 Å². The van der Waals surface area contributed by atoms with E-state index in [1.165, 1.54) is 0 Å². The quantitative estimate of drug-likeness (QED) is 0.615. The van der Waals surface area contributed by atoms with Gasteiger partial charge in [0.1, 0.15) is 5.76 Å². The lowest BCUT2D eigenvalue weighted by Crippen LogP contribution is -2.12. The second kappa shape index (κ2) is 2.54. The molecule has 1 aliphatic heterocycles. The number of rotatable bonds is 1. The molecule has 1 saturated heterocycles. The Kier molecular flexibility index (Phi) is 1.54. The van der Waals surface area contributed by atoms with Crippen molar-refractivity contribution in [2.45, 2.75) is 18.9 Å². The first-order chi connectivity index (χ1) is 5.36. The fraction of sp³-hybridized carbons (Fsp3) is 0.571. The summed E-state index contributed by atoms with van der Waals surface area (Å²) in [5.74, 6) is 0.362. The molecule has 0 aromatic carbocycles. The number of aromatic nitrogens is 1. The van der Waals surface area contributed by atoms with E-state index >= 15 is 0 Å². The lowest BCUT2D eigenvalue weighted by atomic mass is 10.2. The Morgan fingerprint density at radius 1 is 1.64 bits per heavy atom. The Balaban J connectivity index is 2.21. The number of hydrogen-bond donors (Lipinski definition) is 2. The van der Waals surface area contributed by atoms with E-state index in [9.17, 15) is 4.79 Å². The highest BCUT2D eigenvalue weighted by Gasteiger charge is 2.18. The molecule has 0 aliphatic carbocycles. The molecule has 0 bridgehead atoms. The highest BCUT2D eigenvalue weighted by atomic mass is 16.4. The van der Waals surface area contributed by atoms with E-state index < -0.39 is 0 Å². The summed E-state index contributed by atoms with van der Waals surface area (Å²) in [5, 5.41) is 3.23. The molecule has 0 radical (unpaired) electrons. The van der Waals surface area contributed by atoms with Gasteiger partial charge in [0.25, 0.3) is 0 Å². The van der Waals surface area contributed by atoms with Crippen molar-refractivity contribution in [3.63, 3.8) is 0 Å². The molecule has 2 rings (SSSR count). The van der Waals surface area contributed by atoms with Gasteiger partial charge < -0.3 is 9.73 Å². The topological polar surface area (TPSA) is 58.0 Å². The highest BCUT2D eigenvalue weighted by molar-refractivity contribution is 4.99. The third-order valence-corrected chi connectivity index (χ3v) is 1.95. The highest BCUT2D eigenvalue weighted by Crippen LogP contribution is 2.20. The third kappa shape index (κ3) is 1.21. The molecule has 2 heterocycles. The van der Waals surface area contributed by atoms with E-state index in [-0.39, 0.29) is 11.8 Å². The molecule has 1 fully saturated rings. The predicted octanol–water partition coefficient (Wildman–Crippen LogP) is 0.392. The summed E-state index contributed by atoms with van der Waals surface area (Å²) in [6.07, 6.45) is 3.84. The average molecular weight is 154 g/mol. The van der Waals surface area contributed by atoms with E-state index in [0.717, 1.165) is 25.1 Å². The van der Waals surface area contributed by atoms with Gasteiger partial charge in [0.15, 0.2) is 0 Å². The van der Waals surface area contributed by atoms with Crippen molar-refractivity contribution >= 4 is 0 Å². The van der Waals surface area contributed by atoms with E-state index in [1.54, 1.807) is 6.20 Å². The Bertz CT molecular complexity index is 283. The summed E-state index contributed by atoms with van der Waals surface area (Å²) in [5.41, 5.74) is 0. The van der Waals surface area contributed by atoms with Gasteiger partial charge in [0.2, 0.25) is 0 Å². The van der Waals surface area contributed by atoms with E-state index in [4.69, 9.17) is 4.42 Å². The van der Waals surface area contributed by atoms with Crippen LogP contribution < -0.4 is 11.1 Å².